The quantitative estimate of drug-likeness (QED) is 0.805. The van der Waals surface area contributed by atoms with Gasteiger partial charge in [-0.15, -0.1) is 0 Å². The third kappa shape index (κ3) is 1.63. The van der Waals surface area contributed by atoms with Gasteiger partial charge in [-0.3, -0.25) is 0 Å². The monoisotopic (exact) mass is 216 g/mol. The van der Waals surface area contributed by atoms with Gasteiger partial charge in [-0.1, -0.05) is 18.2 Å². The third-order valence-electron chi connectivity index (χ3n) is 2.94. The zero-order valence-electron chi connectivity index (χ0n) is 8.01. The predicted octanol–water partition coefficient (Wildman–Crippen LogP) is 2.48. The van der Waals surface area contributed by atoms with Gasteiger partial charge < -0.3 is 5.11 Å². The largest absolute Gasteiger partial charge is 0.395 e. The molecule has 0 aliphatic heterocycles. The first-order valence-corrected chi connectivity index (χ1v) is 4.73. The third-order valence-corrected chi connectivity index (χ3v) is 2.94. The highest BCUT2D eigenvalue weighted by Gasteiger charge is 2.57. The number of aliphatic hydroxyl groups excluding tert-OH is 1. The molecule has 0 amide bonds. The molecule has 1 N–H and O–H groups in total. The van der Waals surface area contributed by atoms with E-state index in [1.807, 2.05) is 0 Å². The second-order valence-electron chi connectivity index (χ2n) is 4.13. The highest BCUT2D eigenvalue weighted by molar-refractivity contribution is 5.32. The molecule has 0 radical (unpaired) electrons. The van der Waals surface area contributed by atoms with E-state index in [9.17, 15) is 13.2 Å². The Morgan fingerprint density at radius 2 is 1.80 bits per heavy atom. The number of aliphatic hydroxyl groups is 1. The Morgan fingerprint density at radius 3 is 2.27 bits per heavy atom. The Labute approximate surface area is 85.5 Å². The molecular formula is C11H11F3O. The lowest BCUT2D eigenvalue weighted by atomic mass is 9.62. The second-order valence-corrected chi connectivity index (χ2v) is 4.13. The van der Waals surface area contributed by atoms with Gasteiger partial charge in [0.15, 0.2) is 0 Å². The summed E-state index contributed by atoms with van der Waals surface area (Å²) in [5, 5.41) is 9.15. The van der Waals surface area contributed by atoms with Crippen LogP contribution in [-0.4, -0.2) is 17.6 Å². The van der Waals surface area contributed by atoms with Crippen LogP contribution in [0.1, 0.15) is 18.4 Å². The van der Waals surface area contributed by atoms with Crippen molar-refractivity contribution in [3.05, 3.63) is 35.6 Å². The number of alkyl halides is 2. The van der Waals surface area contributed by atoms with E-state index >= 15 is 0 Å². The zero-order valence-corrected chi connectivity index (χ0v) is 8.01. The van der Waals surface area contributed by atoms with E-state index in [1.54, 1.807) is 6.07 Å². The average Bonchev–Trinajstić information content (AvgIpc) is 2.14. The highest BCUT2D eigenvalue weighted by Crippen LogP contribution is 2.53. The first kappa shape index (κ1) is 10.5. The topological polar surface area (TPSA) is 20.2 Å². The van der Waals surface area contributed by atoms with Crippen molar-refractivity contribution >= 4 is 0 Å². The van der Waals surface area contributed by atoms with Crippen molar-refractivity contribution in [3.63, 3.8) is 0 Å². The Balaban J connectivity index is 2.34. The molecule has 15 heavy (non-hydrogen) atoms. The maximum Gasteiger partial charge on any atom is 0.250 e. The van der Waals surface area contributed by atoms with E-state index in [2.05, 4.69) is 0 Å². The average molecular weight is 216 g/mol. The van der Waals surface area contributed by atoms with Crippen LogP contribution in [0.25, 0.3) is 0 Å². The Kier molecular flexibility index (Phi) is 2.26. The SMILES string of the molecule is OCC1(c2ccccc2F)CC(F)(F)C1. The number of halogens is 3. The maximum atomic E-state index is 13.4. The van der Waals surface area contributed by atoms with Gasteiger partial charge in [0.2, 0.25) is 5.92 Å². The molecule has 1 aromatic rings. The van der Waals surface area contributed by atoms with Gasteiger partial charge in [-0.05, 0) is 11.6 Å². The fourth-order valence-electron chi connectivity index (χ4n) is 2.22. The van der Waals surface area contributed by atoms with Gasteiger partial charge in [0, 0.05) is 18.3 Å². The molecular weight excluding hydrogens is 205 g/mol. The minimum atomic E-state index is -2.77. The molecule has 0 heterocycles. The number of benzene rings is 1. The minimum Gasteiger partial charge on any atom is -0.395 e. The molecule has 0 bridgehead atoms. The molecule has 1 aliphatic rings. The van der Waals surface area contributed by atoms with Crippen molar-refractivity contribution in [1.29, 1.82) is 0 Å². The van der Waals surface area contributed by atoms with Gasteiger partial charge >= 0.3 is 0 Å². The van der Waals surface area contributed by atoms with Crippen LogP contribution in [0, 0.1) is 5.82 Å². The van der Waals surface area contributed by atoms with Gasteiger partial charge in [0.1, 0.15) is 5.82 Å². The number of hydrogen-bond acceptors (Lipinski definition) is 1. The van der Waals surface area contributed by atoms with E-state index in [1.165, 1.54) is 18.2 Å². The molecule has 0 aromatic heterocycles. The summed E-state index contributed by atoms with van der Waals surface area (Å²) >= 11 is 0. The summed E-state index contributed by atoms with van der Waals surface area (Å²) in [6.07, 6.45) is -0.950. The van der Waals surface area contributed by atoms with Crippen LogP contribution < -0.4 is 0 Å². The van der Waals surface area contributed by atoms with Crippen LogP contribution in [0.15, 0.2) is 24.3 Å². The van der Waals surface area contributed by atoms with Crippen molar-refractivity contribution in [3.8, 4) is 0 Å². The molecule has 1 aromatic carbocycles. The predicted molar refractivity (Wildman–Crippen MR) is 49.3 cm³/mol. The van der Waals surface area contributed by atoms with E-state index in [4.69, 9.17) is 5.11 Å². The van der Waals surface area contributed by atoms with Crippen molar-refractivity contribution in [1.82, 2.24) is 0 Å². The summed E-state index contributed by atoms with van der Waals surface area (Å²) in [6.45, 7) is -0.441. The first-order chi connectivity index (χ1) is 6.99. The molecule has 82 valence electrons. The van der Waals surface area contributed by atoms with E-state index in [-0.39, 0.29) is 5.56 Å². The van der Waals surface area contributed by atoms with Crippen molar-refractivity contribution in [2.24, 2.45) is 0 Å². The van der Waals surface area contributed by atoms with Crippen LogP contribution in [0.3, 0.4) is 0 Å². The molecule has 4 heteroatoms. The van der Waals surface area contributed by atoms with E-state index in [0.29, 0.717) is 0 Å². The summed E-state index contributed by atoms with van der Waals surface area (Å²) in [5.74, 6) is -3.30. The number of hydrogen-bond donors (Lipinski definition) is 1. The fraction of sp³-hybridized carbons (Fsp3) is 0.455. The molecule has 1 fully saturated rings. The summed E-state index contributed by atoms with van der Waals surface area (Å²) in [5.41, 5.74) is -0.895. The van der Waals surface area contributed by atoms with Crippen LogP contribution >= 0.6 is 0 Å². The van der Waals surface area contributed by atoms with Gasteiger partial charge in [-0.2, -0.15) is 0 Å². The van der Waals surface area contributed by atoms with Gasteiger partial charge in [-0.25, -0.2) is 13.2 Å². The minimum absolute atomic E-state index is 0.193. The molecule has 1 saturated carbocycles. The maximum absolute atomic E-state index is 13.4. The Hall–Kier alpha value is -1.03. The van der Waals surface area contributed by atoms with Gasteiger partial charge in [0.05, 0.1) is 6.61 Å². The smallest absolute Gasteiger partial charge is 0.250 e. The molecule has 2 rings (SSSR count). The van der Waals surface area contributed by atoms with Crippen LogP contribution in [0.5, 0.6) is 0 Å². The lowest BCUT2D eigenvalue weighted by molar-refractivity contribution is -0.140. The van der Waals surface area contributed by atoms with Gasteiger partial charge in [0.25, 0.3) is 0 Å². The van der Waals surface area contributed by atoms with Crippen LogP contribution in [-0.2, 0) is 5.41 Å². The normalized spacial score (nSPS) is 22.1. The highest BCUT2D eigenvalue weighted by atomic mass is 19.3. The fourth-order valence-corrected chi connectivity index (χ4v) is 2.22. The van der Waals surface area contributed by atoms with E-state index in [0.717, 1.165) is 0 Å². The van der Waals surface area contributed by atoms with Crippen molar-refractivity contribution in [2.45, 2.75) is 24.2 Å². The standard InChI is InChI=1S/C11H11F3O/c12-9-4-2-1-3-8(9)10(7-15)5-11(13,14)6-10/h1-4,15H,5-7H2. The lowest BCUT2D eigenvalue weighted by Gasteiger charge is -2.46. The van der Waals surface area contributed by atoms with E-state index < -0.39 is 36.6 Å². The Bertz CT molecular complexity index is 368. The van der Waals surface area contributed by atoms with Crippen molar-refractivity contribution < 1.29 is 18.3 Å². The van der Waals surface area contributed by atoms with Crippen LogP contribution in [0.2, 0.25) is 0 Å². The van der Waals surface area contributed by atoms with Crippen molar-refractivity contribution in [2.75, 3.05) is 6.61 Å². The molecule has 0 spiro atoms. The zero-order chi connectivity index (χ0) is 11.1. The van der Waals surface area contributed by atoms with Crippen LogP contribution in [0.4, 0.5) is 13.2 Å². The molecule has 1 aliphatic carbocycles. The molecule has 0 unspecified atom stereocenters. The number of rotatable bonds is 2. The summed E-state index contributed by atoms with van der Waals surface area (Å²) in [4.78, 5) is 0. The second kappa shape index (κ2) is 3.23. The molecule has 0 atom stereocenters. The summed E-state index contributed by atoms with van der Waals surface area (Å²) < 4.78 is 39.0. The molecule has 1 nitrogen and oxygen atoms in total. The first-order valence-electron chi connectivity index (χ1n) is 4.73. The molecule has 0 saturated heterocycles. The summed E-state index contributed by atoms with van der Waals surface area (Å²) in [7, 11) is 0. The lowest BCUT2D eigenvalue weighted by Crippen LogP contribution is -2.52. The summed E-state index contributed by atoms with van der Waals surface area (Å²) in [6, 6.07) is 5.77. The Morgan fingerprint density at radius 1 is 1.20 bits per heavy atom.